The molecular weight excluding hydrogens is 304 g/mol. The minimum absolute atomic E-state index is 0.0593. The molecule has 0 aromatic carbocycles. The molecular formula is C20H42O4. The van der Waals surface area contributed by atoms with E-state index in [4.69, 9.17) is 14.5 Å². The van der Waals surface area contributed by atoms with E-state index in [0.29, 0.717) is 13.0 Å². The maximum Gasteiger partial charge on any atom is 0.305 e. The third kappa shape index (κ3) is 26.3. The van der Waals surface area contributed by atoms with Crippen molar-refractivity contribution in [2.24, 2.45) is 0 Å². The normalized spacial score (nSPS) is 10.2. The Labute approximate surface area is 150 Å². The quantitative estimate of drug-likeness (QED) is 0.144. The van der Waals surface area contributed by atoms with Gasteiger partial charge in [0.05, 0.1) is 19.8 Å². The van der Waals surface area contributed by atoms with Crippen LogP contribution in [0.2, 0.25) is 0 Å². The molecule has 4 heteroatoms. The fourth-order valence-corrected chi connectivity index (χ4v) is 2.05. The molecule has 0 spiro atoms. The Kier molecular flexibility index (Phi) is 26.3. The fraction of sp³-hybridized carbons (Fsp3) is 0.950. The van der Waals surface area contributed by atoms with Crippen molar-refractivity contribution in [3.05, 3.63) is 0 Å². The molecule has 0 saturated heterocycles. The van der Waals surface area contributed by atoms with E-state index in [1.165, 1.54) is 38.5 Å². The first kappa shape index (κ1) is 25.6. The molecule has 0 aliphatic carbocycles. The van der Waals surface area contributed by atoms with Crippen LogP contribution in [0.3, 0.4) is 0 Å². The number of hydrogen-bond donors (Lipinski definition) is 0. The lowest BCUT2D eigenvalue weighted by atomic mass is 10.2. The number of esters is 1. The van der Waals surface area contributed by atoms with Crippen molar-refractivity contribution in [2.45, 2.75) is 105 Å². The Morgan fingerprint density at radius 1 is 0.625 bits per heavy atom. The molecule has 0 bridgehead atoms. The third-order valence-electron chi connectivity index (χ3n) is 3.54. The topological polar surface area (TPSA) is 44.8 Å². The van der Waals surface area contributed by atoms with Crippen LogP contribution in [0.15, 0.2) is 0 Å². The van der Waals surface area contributed by atoms with Crippen LogP contribution in [0.25, 0.3) is 0 Å². The predicted molar refractivity (Wildman–Crippen MR) is 101 cm³/mol. The molecule has 0 rings (SSSR count). The van der Waals surface area contributed by atoms with Gasteiger partial charge < -0.3 is 4.74 Å². The zero-order valence-electron chi connectivity index (χ0n) is 16.7. The van der Waals surface area contributed by atoms with Gasteiger partial charge in [0.2, 0.25) is 0 Å². The van der Waals surface area contributed by atoms with Crippen LogP contribution >= 0.6 is 0 Å². The molecule has 0 aromatic rings. The second-order valence-corrected chi connectivity index (χ2v) is 6.03. The third-order valence-corrected chi connectivity index (χ3v) is 3.54. The second kappa shape index (κ2) is 24.6. The average Bonchev–Trinajstić information content (AvgIpc) is 2.58. The lowest BCUT2D eigenvalue weighted by Gasteiger charge is -2.03. The van der Waals surface area contributed by atoms with E-state index < -0.39 is 0 Å². The van der Waals surface area contributed by atoms with Gasteiger partial charge in [0.25, 0.3) is 0 Å². The molecule has 0 atom stereocenters. The molecule has 0 aromatic heterocycles. The number of unbranched alkanes of at least 4 members (excludes halogenated alkanes) is 8. The van der Waals surface area contributed by atoms with Crippen LogP contribution in [0, 0.1) is 0 Å². The first-order chi connectivity index (χ1) is 11.7. The van der Waals surface area contributed by atoms with Crippen molar-refractivity contribution in [1.82, 2.24) is 0 Å². The number of carbonyl (C=O) groups is 1. The van der Waals surface area contributed by atoms with Crippen molar-refractivity contribution in [2.75, 3.05) is 19.8 Å². The second-order valence-electron chi connectivity index (χ2n) is 6.03. The smallest absolute Gasteiger partial charge is 0.305 e. The molecule has 0 amide bonds. The molecule has 0 aliphatic rings. The van der Waals surface area contributed by atoms with Gasteiger partial charge in [-0.1, -0.05) is 72.1 Å². The van der Waals surface area contributed by atoms with Crippen molar-refractivity contribution < 1.29 is 19.3 Å². The van der Waals surface area contributed by atoms with E-state index in [9.17, 15) is 4.79 Å². The van der Waals surface area contributed by atoms with Crippen LogP contribution in [0.4, 0.5) is 0 Å². The molecule has 24 heavy (non-hydrogen) atoms. The van der Waals surface area contributed by atoms with Gasteiger partial charge in [0, 0.05) is 6.42 Å². The summed E-state index contributed by atoms with van der Waals surface area (Å²) >= 11 is 0. The summed E-state index contributed by atoms with van der Waals surface area (Å²) in [7, 11) is 0. The summed E-state index contributed by atoms with van der Waals surface area (Å²) in [5, 5.41) is 0. The van der Waals surface area contributed by atoms with Crippen LogP contribution < -0.4 is 0 Å². The Hall–Kier alpha value is -0.610. The van der Waals surface area contributed by atoms with E-state index >= 15 is 0 Å². The van der Waals surface area contributed by atoms with Crippen molar-refractivity contribution in [3.8, 4) is 0 Å². The minimum atomic E-state index is -0.0593. The van der Waals surface area contributed by atoms with Gasteiger partial charge in [-0.3, -0.25) is 4.79 Å². The van der Waals surface area contributed by atoms with Crippen molar-refractivity contribution in [3.63, 3.8) is 0 Å². The number of hydrogen-bond acceptors (Lipinski definition) is 4. The van der Waals surface area contributed by atoms with Gasteiger partial charge in [0.15, 0.2) is 0 Å². The molecule has 146 valence electrons. The van der Waals surface area contributed by atoms with Crippen LogP contribution in [0.5, 0.6) is 0 Å². The first-order valence-corrected chi connectivity index (χ1v) is 10.1. The van der Waals surface area contributed by atoms with Crippen LogP contribution in [-0.2, 0) is 19.3 Å². The van der Waals surface area contributed by atoms with E-state index in [1.807, 2.05) is 6.92 Å². The van der Waals surface area contributed by atoms with Gasteiger partial charge in [0.1, 0.15) is 0 Å². The highest BCUT2D eigenvalue weighted by atomic mass is 17.2. The summed E-state index contributed by atoms with van der Waals surface area (Å²) in [6.07, 6.45) is 13.8. The lowest BCUT2D eigenvalue weighted by molar-refractivity contribution is -0.295. The summed E-state index contributed by atoms with van der Waals surface area (Å²) in [6, 6.07) is 0. The van der Waals surface area contributed by atoms with Crippen molar-refractivity contribution in [1.29, 1.82) is 0 Å². The standard InChI is InChI=1S/C12H26O2.C8H16O2/c1-3-5-7-9-11-13-14-12-10-8-6-4-2;1-3-5-6-7-8(9)10-4-2/h3-12H2,1-2H3;3-7H2,1-2H3. The zero-order chi connectivity index (χ0) is 18.3. The number of ether oxygens (including phenoxy) is 1. The van der Waals surface area contributed by atoms with E-state index in [0.717, 1.165) is 45.3 Å². The Morgan fingerprint density at radius 3 is 1.50 bits per heavy atom. The molecule has 0 saturated carbocycles. The maximum absolute atomic E-state index is 10.7. The monoisotopic (exact) mass is 346 g/mol. The zero-order valence-corrected chi connectivity index (χ0v) is 16.7. The van der Waals surface area contributed by atoms with E-state index in [2.05, 4.69) is 20.8 Å². The first-order valence-electron chi connectivity index (χ1n) is 10.1. The van der Waals surface area contributed by atoms with Gasteiger partial charge in [-0.15, -0.1) is 0 Å². The highest BCUT2D eigenvalue weighted by Gasteiger charge is 1.98. The minimum Gasteiger partial charge on any atom is -0.466 e. The summed E-state index contributed by atoms with van der Waals surface area (Å²) in [4.78, 5) is 20.8. The van der Waals surface area contributed by atoms with Gasteiger partial charge in [-0.25, -0.2) is 9.78 Å². The highest BCUT2D eigenvalue weighted by Crippen LogP contribution is 2.01. The summed E-state index contributed by atoms with van der Waals surface area (Å²) in [5.74, 6) is -0.0593. The summed E-state index contributed by atoms with van der Waals surface area (Å²) in [5.41, 5.74) is 0. The molecule has 0 aliphatic heterocycles. The van der Waals surface area contributed by atoms with Gasteiger partial charge in [-0.2, -0.15) is 0 Å². The van der Waals surface area contributed by atoms with E-state index in [1.54, 1.807) is 0 Å². The molecule has 0 heterocycles. The fourth-order valence-electron chi connectivity index (χ4n) is 2.05. The number of carbonyl (C=O) groups excluding carboxylic acids is 1. The SMILES string of the molecule is CCCCCC(=O)OCC.CCCCCCOOCCCCCC. The Morgan fingerprint density at radius 2 is 1.08 bits per heavy atom. The summed E-state index contributed by atoms with van der Waals surface area (Å²) in [6.45, 7) is 10.4. The maximum atomic E-state index is 10.7. The molecule has 4 nitrogen and oxygen atoms in total. The van der Waals surface area contributed by atoms with Gasteiger partial charge in [-0.05, 0) is 26.2 Å². The van der Waals surface area contributed by atoms with Gasteiger partial charge >= 0.3 is 5.97 Å². The summed E-state index contributed by atoms with van der Waals surface area (Å²) < 4.78 is 4.75. The number of rotatable bonds is 16. The molecule has 0 fully saturated rings. The Balaban J connectivity index is 0. The van der Waals surface area contributed by atoms with E-state index in [-0.39, 0.29) is 5.97 Å². The molecule has 0 unspecified atom stereocenters. The molecule has 0 N–H and O–H groups in total. The Bertz CT molecular complexity index is 220. The van der Waals surface area contributed by atoms with Crippen molar-refractivity contribution >= 4 is 5.97 Å². The largest absolute Gasteiger partial charge is 0.466 e. The molecule has 0 radical (unpaired) electrons. The lowest BCUT2D eigenvalue weighted by Crippen LogP contribution is -2.02. The van der Waals surface area contributed by atoms with Crippen LogP contribution in [-0.4, -0.2) is 25.8 Å². The highest BCUT2D eigenvalue weighted by molar-refractivity contribution is 5.69. The van der Waals surface area contributed by atoms with Crippen LogP contribution in [0.1, 0.15) is 105 Å². The predicted octanol–water partition coefficient (Wildman–Crippen LogP) is 6.23. The average molecular weight is 347 g/mol.